The fourth-order valence-electron chi connectivity index (χ4n) is 3.65. The van der Waals surface area contributed by atoms with Crippen molar-refractivity contribution in [2.75, 3.05) is 13.7 Å². The van der Waals surface area contributed by atoms with E-state index in [1.54, 1.807) is 7.11 Å². The number of carbonyl (C=O) groups excluding carboxylic acids is 1. The topological polar surface area (TPSA) is 59.3 Å². The molecule has 0 spiro atoms. The zero-order valence-electron chi connectivity index (χ0n) is 18.6. The van der Waals surface area contributed by atoms with Crippen LogP contribution in [-0.4, -0.2) is 19.7 Å². The Kier molecular flexibility index (Phi) is 9.41. The predicted octanol–water partition coefficient (Wildman–Crippen LogP) is 6.25. The van der Waals surface area contributed by atoms with Gasteiger partial charge in [-0.2, -0.15) is 5.26 Å². The van der Waals surface area contributed by atoms with Gasteiger partial charge in [0, 0.05) is 5.57 Å². The van der Waals surface area contributed by atoms with Gasteiger partial charge >= 0.3 is 5.97 Å². The van der Waals surface area contributed by atoms with E-state index in [2.05, 4.69) is 32.9 Å². The van der Waals surface area contributed by atoms with Gasteiger partial charge in [0.15, 0.2) is 0 Å². The van der Waals surface area contributed by atoms with Crippen LogP contribution in [0.25, 0.3) is 5.57 Å². The molecule has 0 radical (unpaired) electrons. The summed E-state index contributed by atoms with van der Waals surface area (Å²) in [5.74, 6) is 0.857. The molecule has 0 saturated carbocycles. The minimum atomic E-state index is -0.540. The zero-order valence-corrected chi connectivity index (χ0v) is 18.6. The van der Waals surface area contributed by atoms with Gasteiger partial charge in [-0.05, 0) is 47.9 Å². The van der Waals surface area contributed by atoms with Crippen LogP contribution in [0.3, 0.4) is 0 Å². The lowest BCUT2D eigenvalue weighted by atomic mass is 9.85. The van der Waals surface area contributed by atoms with Crippen molar-refractivity contribution < 1.29 is 14.3 Å². The molecule has 1 aliphatic carbocycles. The summed E-state index contributed by atoms with van der Waals surface area (Å²) in [6.07, 6.45) is 11.1. The van der Waals surface area contributed by atoms with E-state index in [9.17, 15) is 10.1 Å². The number of hydrogen-bond donors (Lipinski definition) is 0. The molecule has 2 atom stereocenters. The van der Waals surface area contributed by atoms with E-state index in [0.29, 0.717) is 24.0 Å². The van der Waals surface area contributed by atoms with Crippen LogP contribution in [0.15, 0.2) is 53.6 Å². The van der Waals surface area contributed by atoms with Gasteiger partial charge in [0.1, 0.15) is 17.4 Å². The first-order valence-electron chi connectivity index (χ1n) is 10.9. The van der Waals surface area contributed by atoms with Crippen molar-refractivity contribution in [3.63, 3.8) is 0 Å². The SMILES string of the molecule is CCCCC(CC)COC(=O)C(C#N)=C(C1=CC=CC(C)C1)c1ccc(OC)cc1. The zero-order chi connectivity index (χ0) is 21.9. The van der Waals surface area contributed by atoms with Crippen molar-refractivity contribution in [2.45, 2.75) is 52.9 Å². The normalized spacial score (nSPS) is 17.4. The summed E-state index contributed by atoms with van der Waals surface area (Å²) in [6, 6.07) is 9.60. The van der Waals surface area contributed by atoms with Gasteiger partial charge in [0.05, 0.1) is 13.7 Å². The van der Waals surface area contributed by atoms with Crippen molar-refractivity contribution in [1.29, 1.82) is 5.26 Å². The van der Waals surface area contributed by atoms with Gasteiger partial charge in [0.2, 0.25) is 0 Å². The van der Waals surface area contributed by atoms with Crippen molar-refractivity contribution in [3.8, 4) is 11.8 Å². The predicted molar refractivity (Wildman–Crippen MR) is 121 cm³/mol. The highest BCUT2D eigenvalue weighted by Gasteiger charge is 2.24. The molecule has 160 valence electrons. The van der Waals surface area contributed by atoms with Gasteiger partial charge in [-0.3, -0.25) is 0 Å². The average molecular weight is 408 g/mol. The van der Waals surface area contributed by atoms with Gasteiger partial charge in [-0.25, -0.2) is 4.79 Å². The lowest BCUT2D eigenvalue weighted by molar-refractivity contribution is -0.139. The van der Waals surface area contributed by atoms with Crippen molar-refractivity contribution in [2.24, 2.45) is 11.8 Å². The van der Waals surface area contributed by atoms with E-state index in [1.807, 2.05) is 36.4 Å². The molecular formula is C26H33NO3. The molecule has 0 amide bonds. The molecule has 1 aromatic carbocycles. The number of ether oxygens (including phenoxy) is 2. The monoisotopic (exact) mass is 407 g/mol. The molecule has 2 rings (SSSR count). The van der Waals surface area contributed by atoms with Gasteiger partial charge in [-0.1, -0.05) is 70.4 Å². The van der Waals surface area contributed by atoms with E-state index in [4.69, 9.17) is 9.47 Å². The van der Waals surface area contributed by atoms with Crippen molar-refractivity contribution in [3.05, 3.63) is 59.2 Å². The summed E-state index contributed by atoms with van der Waals surface area (Å²) in [6.45, 7) is 6.74. The number of rotatable bonds is 10. The van der Waals surface area contributed by atoms with Crippen LogP contribution >= 0.6 is 0 Å². The van der Waals surface area contributed by atoms with E-state index in [1.165, 1.54) is 0 Å². The highest BCUT2D eigenvalue weighted by Crippen LogP contribution is 2.34. The Balaban J connectivity index is 2.38. The Labute approximate surface area is 180 Å². The first-order chi connectivity index (χ1) is 14.5. The van der Waals surface area contributed by atoms with Crippen LogP contribution in [0.1, 0.15) is 58.4 Å². The molecule has 30 heavy (non-hydrogen) atoms. The van der Waals surface area contributed by atoms with Crippen molar-refractivity contribution >= 4 is 11.5 Å². The smallest absolute Gasteiger partial charge is 0.349 e. The molecular weight excluding hydrogens is 374 g/mol. The molecule has 0 aromatic heterocycles. The molecule has 0 saturated heterocycles. The number of nitrogens with zero attached hydrogens (tertiary/aromatic N) is 1. The number of methoxy groups -OCH3 is 1. The molecule has 0 heterocycles. The summed E-state index contributed by atoms with van der Waals surface area (Å²) in [4.78, 5) is 13.0. The minimum Gasteiger partial charge on any atom is -0.497 e. The maximum atomic E-state index is 13.0. The number of unbranched alkanes of at least 4 members (excludes halogenated alkanes) is 1. The standard InChI is InChI=1S/C26H33NO3/c1-5-7-10-20(6-2)18-30-26(28)24(17-27)25(22-11-8-9-19(3)16-22)21-12-14-23(29-4)15-13-21/h8-9,11-15,19-20H,5-7,10,16,18H2,1-4H3. The number of carbonyl (C=O) groups is 1. The summed E-state index contributed by atoms with van der Waals surface area (Å²) in [5.41, 5.74) is 2.51. The second-order valence-corrected chi connectivity index (χ2v) is 7.86. The third-order valence-corrected chi connectivity index (χ3v) is 5.54. The van der Waals surface area contributed by atoms with E-state index < -0.39 is 5.97 Å². The molecule has 4 heteroatoms. The number of allylic oxidation sites excluding steroid dienone is 5. The second-order valence-electron chi connectivity index (χ2n) is 7.86. The Hall–Kier alpha value is -2.80. The van der Waals surface area contributed by atoms with Gasteiger partial charge in [-0.15, -0.1) is 0 Å². The molecule has 4 nitrogen and oxygen atoms in total. The summed E-state index contributed by atoms with van der Waals surface area (Å²) >= 11 is 0. The quantitative estimate of drug-likeness (QED) is 0.261. The fourth-order valence-corrected chi connectivity index (χ4v) is 3.65. The van der Waals surface area contributed by atoms with Crippen molar-refractivity contribution in [1.82, 2.24) is 0 Å². The van der Waals surface area contributed by atoms with Gasteiger partial charge < -0.3 is 9.47 Å². The van der Waals surface area contributed by atoms with E-state index >= 15 is 0 Å². The number of esters is 1. The highest BCUT2D eigenvalue weighted by atomic mass is 16.5. The number of benzene rings is 1. The summed E-state index contributed by atoms with van der Waals surface area (Å²) in [5, 5.41) is 9.91. The number of hydrogen-bond acceptors (Lipinski definition) is 4. The molecule has 0 bridgehead atoms. The summed E-state index contributed by atoms with van der Waals surface area (Å²) in [7, 11) is 1.61. The van der Waals surface area contributed by atoms with Crippen LogP contribution in [0, 0.1) is 23.2 Å². The lowest BCUT2D eigenvalue weighted by Gasteiger charge is -2.20. The van der Waals surface area contributed by atoms with Crippen LogP contribution in [0.5, 0.6) is 5.75 Å². The maximum Gasteiger partial charge on any atom is 0.349 e. The third kappa shape index (κ3) is 6.35. The Morgan fingerprint density at radius 1 is 1.27 bits per heavy atom. The number of nitriles is 1. The Bertz CT molecular complexity index is 840. The van der Waals surface area contributed by atoms with Crippen LogP contribution in [-0.2, 0) is 9.53 Å². The highest BCUT2D eigenvalue weighted by molar-refractivity contribution is 6.05. The lowest BCUT2D eigenvalue weighted by Crippen LogP contribution is -2.16. The van der Waals surface area contributed by atoms with Gasteiger partial charge in [0.25, 0.3) is 0 Å². The Morgan fingerprint density at radius 2 is 2.00 bits per heavy atom. The molecule has 0 fully saturated rings. The molecule has 1 aromatic rings. The molecule has 0 N–H and O–H groups in total. The largest absolute Gasteiger partial charge is 0.497 e. The Morgan fingerprint density at radius 3 is 2.57 bits per heavy atom. The van der Waals surface area contributed by atoms with Crippen LogP contribution in [0.2, 0.25) is 0 Å². The summed E-state index contributed by atoms with van der Waals surface area (Å²) < 4.78 is 10.9. The first-order valence-corrected chi connectivity index (χ1v) is 10.9. The molecule has 1 aliphatic rings. The maximum absolute atomic E-state index is 13.0. The molecule has 2 unspecified atom stereocenters. The first kappa shape index (κ1) is 23.5. The minimum absolute atomic E-state index is 0.0688. The van der Waals surface area contributed by atoms with E-state index in [0.717, 1.165) is 49.0 Å². The fraction of sp³-hybridized carbons (Fsp3) is 0.462. The average Bonchev–Trinajstić information content (AvgIpc) is 2.77. The van der Waals surface area contributed by atoms with Crippen LogP contribution in [0.4, 0.5) is 0 Å². The van der Waals surface area contributed by atoms with Crippen LogP contribution < -0.4 is 4.74 Å². The second kappa shape index (κ2) is 12.0. The van der Waals surface area contributed by atoms with E-state index in [-0.39, 0.29) is 5.57 Å². The molecule has 0 aliphatic heterocycles. The third-order valence-electron chi connectivity index (χ3n) is 5.54.